The van der Waals surface area contributed by atoms with Gasteiger partial charge >= 0.3 is 6.03 Å². The molecule has 1 rings (SSSR count). The number of amides is 4. The van der Waals surface area contributed by atoms with Crippen molar-refractivity contribution in [2.45, 2.75) is 31.3 Å². The lowest BCUT2D eigenvalue weighted by molar-refractivity contribution is -0.138. The number of carbonyl (C=O) groups is 3. The van der Waals surface area contributed by atoms with E-state index in [9.17, 15) is 14.4 Å². The number of hydrogen-bond donors (Lipinski definition) is 6. The number of guanidine groups is 2. The molecule has 4 amide bonds. The Hall–Kier alpha value is -2.89. The highest BCUT2D eigenvalue weighted by atomic mass is 16.2. The Labute approximate surface area is 151 Å². The van der Waals surface area contributed by atoms with Gasteiger partial charge in [0, 0.05) is 33.1 Å². The molecule has 9 N–H and O–H groups in total. The summed E-state index contributed by atoms with van der Waals surface area (Å²) in [6.45, 7) is 0.588. The van der Waals surface area contributed by atoms with Crippen molar-refractivity contribution in [2.24, 2.45) is 22.2 Å². The Kier molecular flexibility index (Phi) is 7.77. The van der Waals surface area contributed by atoms with Crippen LogP contribution in [-0.4, -0.2) is 78.8 Å². The topological polar surface area (TPSA) is 196 Å². The number of nitrogens with two attached hydrogens (primary N) is 3. The van der Waals surface area contributed by atoms with E-state index in [-0.39, 0.29) is 36.8 Å². The SMILES string of the molecule is CN(CCC[C@H](N)CC(=O)N(C)C1CN=C(NC(N)=O)NC1=O)C(=N)N. The van der Waals surface area contributed by atoms with Crippen molar-refractivity contribution in [3.63, 3.8) is 0 Å². The molecule has 0 aromatic heterocycles. The number of carbonyl (C=O) groups excluding carboxylic acids is 3. The maximum Gasteiger partial charge on any atom is 0.318 e. The van der Waals surface area contributed by atoms with Crippen molar-refractivity contribution in [1.82, 2.24) is 20.4 Å². The quantitative estimate of drug-likeness (QED) is 0.208. The first-order valence-corrected chi connectivity index (χ1v) is 8.10. The van der Waals surface area contributed by atoms with Crippen LogP contribution >= 0.6 is 0 Å². The summed E-state index contributed by atoms with van der Waals surface area (Å²) in [6, 6.07) is -1.99. The summed E-state index contributed by atoms with van der Waals surface area (Å²) < 4.78 is 0. The van der Waals surface area contributed by atoms with Gasteiger partial charge in [-0.1, -0.05) is 0 Å². The number of primary amides is 1. The molecule has 12 nitrogen and oxygen atoms in total. The summed E-state index contributed by atoms with van der Waals surface area (Å²) >= 11 is 0. The lowest BCUT2D eigenvalue weighted by Crippen LogP contribution is -2.58. The number of aliphatic imine (C=N–C) groups is 1. The van der Waals surface area contributed by atoms with Crippen molar-refractivity contribution < 1.29 is 14.4 Å². The summed E-state index contributed by atoms with van der Waals surface area (Å²) in [4.78, 5) is 42.0. The smallest absolute Gasteiger partial charge is 0.318 e. The normalized spacial score (nSPS) is 17.6. The van der Waals surface area contributed by atoms with Crippen LogP contribution < -0.4 is 27.8 Å². The summed E-state index contributed by atoms with van der Waals surface area (Å²) in [6.07, 6.45) is 1.35. The summed E-state index contributed by atoms with van der Waals surface area (Å²) in [5.41, 5.74) is 16.3. The van der Waals surface area contributed by atoms with Gasteiger partial charge in [-0.3, -0.25) is 25.6 Å². The van der Waals surface area contributed by atoms with Gasteiger partial charge in [0.2, 0.25) is 11.9 Å². The molecule has 0 bridgehead atoms. The minimum atomic E-state index is -0.840. The Bertz CT molecular complexity index is 592. The maximum atomic E-state index is 12.3. The third kappa shape index (κ3) is 6.55. The average Bonchev–Trinajstić information content (AvgIpc) is 2.53. The molecular weight excluding hydrogens is 342 g/mol. The summed E-state index contributed by atoms with van der Waals surface area (Å²) in [7, 11) is 3.21. The minimum absolute atomic E-state index is 0.0162. The molecule has 1 aliphatic heterocycles. The fourth-order valence-corrected chi connectivity index (χ4v) is 2.34. The first-order valence-electron chi connectivity index (χ1n) is 8.10. The maximum absolute atomic E-state index is 12.3. The summed E-state index contributed by atoms with van der Waals surface area (Å²) in [5, 5.41) is 11.8. The molecule has 146 valence electrons. The minimum Gasteiger partial charge on any atom is -0.370 e. The van der Waals surface area contributed by atoms with Gasteiger partial charge in [-0.15, -0.1) is 0 Å². The first kappa shape index (κ1) is 21.2. The number of nitrogens with one attached hydrogen (secondary N) is 3. The number of likely N-dealkylation sites (N-methyl/N-ethyl adjacent to an activating group) is 1. The molecular formula is C14H27N9O3. The highest BCUT2D eigenvalue weighted by molar-refractivity contribution is 6.07. The third-order valence-electron chi connectivity index (χ3n) is 3.99. The predicted octanol–water partition coefficient (Wildman–Crippen LogP) is -2.71. The molecule has 2 atom stereocenters. The van der Waals surface area contributed by atoms with Gasteiger partial charge in [-0.2, -0.15) is 0 Å². The van der Waals surface area contributed by atoms with Crippen LogP contribution in [0.5, 0.6) is 0 Å². The van der Waals surface area contributed by atoms with E-state index in [1.54, 1.807) is 11.9 Å². The zero-order valence-corrected chi connectivity index (χ0v) is 15.0. The Morgan fingerprint density at radius 3 is 2.62 bits per heavy atom. The molecule has 0 aliphatic carbocycles. The summed E-state index contributed by atoms with van der Waals surface area (Å²) in [5.74, 6) is -0.801. The predicted molar refractivity (Wildman–Crippen MR) is 96.1 cm³/mol. The number of urea groups is 1. The van der Waals surface area contributed by atoms with Crippen LogP contribution in [0.25, 0.3) is 0 Å². The second-order valence-corrected chi connectivity index (χ2v) is 6.10. The second kappa shape index (κ2) is 9.56. The van der Waals surface area contributed by atoms with E-state index in [2.05, 4.69) is 15.6 Å². The molecule has 0 aromatic rings. The van der Waals surface area contributed by atoms with Gasteiger partial charge in [0.15, 0.2) is 5.96 Å². The molecule has 0 saturated heterocycles. The van der Waals surface area contributed by atoms with E-state index in [4.69, 9.17) is 22.6 Å². The fourth-order valence-electron chi connectivity index (χ4n) is 2.34. The monoisotopic (exact) mass is 369 g/mol. The highest BCUT2D eigenvalue weighted by Gasteiger charge is 2.31. The van der Waals surface area contributed by atoms with Crippen molar-refractivity contribution >= 4 is 29.8 Å². The highest BCUT2D eigenvalue weighted by Crippen LogP contribution is 2.08. The van der Waals surface area contributed by atoms with Gasteiger partial charge in [0.1, 0.15) is 6.04 Å². The van der Waals surface area contributed by atoms with Gasteiger partial charge in [0.25, 0.3) is 5.91 Å². The second-order valence-electron chi connectivity index (χ2n) is 6.10. The van der Waals surface area contributed by atoms with Crippen molar-refractivity contribution in [2.75, 3.05) is 27.2 Å². The van der Waals surface area contributed by atoms with Crippen LogP contribution in [0.4, 0.5) is 4.79 Å². The fraction of sp³-hybridized carbons (Fsp3) is 0.643. The van der Waals surface area contributed by atoms with Crippen molar-refractivity contribution in [3.05, 3.63) is 0 Å². The molecule has 12 heteroatoms. The molecule has 0 saturated carbocycles. The molecule has 1 unspecified atom stereocenters. The molecule has 1 heterocycles. The van der Waals surface area contributed by atoms with Crippen LogP contribution in [0.3, 0.4) is 0 Å². The lowest BCUT2D eigenvalue weighted by Gasteiger charge is -2.30. The van der Waals surface area contributed by atoms with Gasteiger partial charge in [-0.05, 0) is 12.8 Å². The number of hydrogen-bond acceptors (Lipinski definition) is 6. The Balaban J connectivity index is 2.47. The van der Waals surface area contributed by atoms with Crippen molar-refractivity contribution in [3.8, 4) is 0 Å². The van der Waals surface area contributed by atoms with Crippen molar-refractivity contribution in [1.29, 1.82) is 5.41 Å². The van der Waals surface area contributed by atoms with Crippen LogP contribution in [0, 0.1) is 5.41 Å². The Morgan fingerprint density at radius 1 is 1.42 bits per heavy atom. The van der Waals surface area contributed by atoms with E-state index in [0.29, 0.717) is 19.4 Å². The Morgan fingerprint density at radius 2 is 2.08 bits per heavy atom. The largest absolute Gasteiger partial charge is 0.370 e. The van der Waals surface area contributed by atoms with Gasteiger partial charge < -0.3 is 27.0 Å². The molecule has 0 aromatic carbocycles. The van der Waals surface area contributed by atoms with E-state index < -0.39 is 18.0 Å². The first-order chi connectivity index (χ1) is 12.1. The van der Waals surface area contributed by atoms with Crippen LogP contribution in [0.2, 0.25) is 0 Å². The van der Waals surface area contributed by atoms with Crippen LogP contribution in [-0.2, 0) is 9.59 Å². The number of rotatable bonds is 7. The van der Waals surface area contributed by atoms with E-state index >= 15 is 0 Å². The van der Waals surface area contributed by atoms with Gasteiger partial charge in [0.05, 0.1) is 6.54 Å². The van der Waals surface area contributed by atoms with E-state index in [1.807, 2.05) is 0 Å². The molecule has 26 heavy (non-hydrogen) atoms. The molecule has 0 radical (unpaired) electrons. The third-order valence-corrected chi connectivity index (χ3v) is 3.99. The van der Waals surface area contributed by atoms with Crippen LogP contribution in [0.1, 0.15) is 19.3 Å². The zero-order chi connectivity index (χ0) is 19.9. The molecule has 1 aliphatic rings. The molecule has 0 fully saturated rings. The van der Waals surface area contributed by atoms with Crippen LogP contribution in [0.15, 0.2) is 4.99 Å². The average molecular weight is 369 g/mol. The number of nitrogens with zero attached hydrogens (tertiary/aromatic N) is 3. The zero-order valence-electron chi connectivity index (χ0n) is 15.0. The lowest BCUT2D eigenvalue weighted by atomic mass is 10.1. The standard InChI is InChI=1S/C14H27N9O3/c1-22(12(16)17)5-3-4-8(15)6-10(24)23(2)9-7-19-14(20-11(9)25)21-13(18)26/h8-9H,3-7,15H2,1-2H3,(H3,16,17)(H4,18,19,20,21,25,26)/t8-,9?/m0/s1. The van der Waals surface area contributed by atoms with E-state index in [1.165, 1.54) is 11.9 Å². The van der Waals surface area contributed by atoms with E-state index in [0.717, 1.165) is 0 Å². The molecule has 0 spiro atoms. The van der Waals surface area contributed by atoms with Gasteiger partial charge in [-0.25, -0.2) is 9.79 Å².